The Bertz CT molecular complexity index is 858. The zero-order valence-corrected chi connectivity index (χ0v) is 17.4. The van der Waals surface area contributed by atoms with E-state index in [-0.39, 0.29) is 17.6 Å². The Morgan fingerprint density at radius 3 is 2.17 bits per heavy atom. The van der Waals surface area contributed by atoms with E-state index in [0.717, 1.165) is 11.3 Å². The van der Waals surface area contributed by atoms with Gasteiger partial charge in [-0.1, -0.05) is 38.1 Å². The third kappa shape index (κ3) is 5.35. The van der Waals surface area contributed by atoms with E-state index in [2.05, 4.69) is 26.0 Å². The van der Waals surface area contributed by atoms with Crippen LogP contribution in [-0.4, -0.2) is 36.8 Å². The maximum atomic E-state index is 12.7. The summed E-state index contributed by atoms with van der Waals surface area (Å²) in [5, 5.41) is 0. The fraction of sp³-hybridized carbons (Fsp3) is 0.360. The van der Waals surface area contributed by atoms with Crippen molar-refractivity contribution in [1.29, 1.82) is 0 Å². The number of rotatable bonds is 6. The molecule has 2 aromatic rings. The van der Waals surface area contributed by atoms with Gasteiger partial charge in [-0.25, -0.2) is 0 Å². The molecular formula is C25H29NO3. The Hall–Kier alpha value is -2.88. The highest BCUT2D eigenvalue weighted by molar-refractivity contribution is 5.98. The highest BCUT2D eigenvalue weighted by Gasteiger charge is 2.27. The molecule has 0 unspecified atom stereocenters. The second-order valence-corrected chi connectivity index (χ2v) is 7.85. The molecule has 0 aliphatic carbocycles. The predicted molar refractivity (Wildman–Crippen MR) is 116 cm³/mol. The average molecular weight is 392 g/mol. The van der Waals surface area contributed by atoms with Crippen LogP contribution in [0, 0.1) is 5.92 Å². The summed E-state index contributed by atoms with van der Waals surface area (Å²) in [7, 11) is 1.61. The molecule has 1 saturated heterocycles. The predicted octanol–water partition coefficient (Wildman–Crippen LogP) is 4.95. The van der Waals surface area contributed by atoms with Crippen LogP contribution < -0.4 is 4.74 Å². The van der Waals surface area contributed by atoms with Crippen molar-refractivity contribution in [3.8, 4) is 5.75 Å². The minimum atomic E-state index is -0.0278. The summed E-state index contributed by atoms with van der Waals surface area (Å²) in [6, 6.07) is 15.5. The molecule has 1 aliphatic rings. The Labute approximate surface area is 173 Å². The van der Waals surface area contributed by atoms with Gasteiger partial charge in [0.1, 0.15) is 5.75 Å². The maximum absolute atomic E-state index is 12.7. The second-order valence-electron chi connectivity index (χ2n) is 7.85. The van der Waals surface area contributed by atoms with Crippen LogP contribution in [-0.2, 0) is 4.79 Å². The van der Waals surface area contributed by atoms with E-state index in [0.29, 0.717) is 37.4 Å². The first-order chi connectivity index (χ1) is 14.0. The van der Waals surface area contributed by atoms with Crippen molar-refractivity contribution in [1.82, 2.24) is 4.90 Å². The first kappa shape index (κ1) is 20.8. The molecular weight excluding hydrogens is 362 g/mol. The van der Waals surface area contributed by atoms with Gasteiger partial charge < -0.3 is 9.64 Å². The summed E-state index contributed by atoms with van der Waals surface area (Å²) in [6.07, 6.45) is 4.90. The van der Waals surface area contributed by atoms with E-state index in [1.54, 1.807) is 13.2 Å². The van der Waals surface area contributed by atoms with Crippen molar-refractivity contribution in [3.63, 3.8) is 0 Å². The number of methoxy groups -OCH3 is 1. The standard InChI is InChI=1S/C25H29NO3/c1-18(2)20-7-4-19(5-8-20)6-13-24(27)26-16-14-22(15-17-26)25(28)21-9-11-23(29-3)12-10-21/h4-13,18,22H,14-17H2,1-3H3. The Kier molecular flexibility index (Phi) is 6.86. The van der Waals surface area contributed by atoms with Gasteiger partial charge in [-0.15, -0.1) is 0 Å². The highest BCUT2D eigenvalue weighted by atomic mass is 16.5. The SMILES string of the molecule is COc1ccc(C(=O)C2CCN(C(=O)C=Cc3ccc(C(C)C)cc3)CC2)cc1. The molecule has 0 N–H and O–H groups in total. The van der Waals surface area contributed by atoms with Crippen LogP contribution in [0.25, 0.3) is 6.08 Å². The first-order valence-electron chi connectivity index (χ1n) is 10.2. The van der Waals surface area contributed by atoms with E-state index in [9.17, 15) is 9.59 Å². The molecule has 1 amide bonds. The van der Waals surface area contributed by atoms with Crippen LogP contribution in [0.15, 0.2) is 54.6 Å². The summed E-state index contributed by atoms with van der Waals surface area (Å²) in [6.45, 7) is 5.55. The maximum Gasteiger partial charge on any atom is 0.246 e. The Morgan fingerprint density at radius 1 is 1.00 bits per heavy atom. The fourth-order valence-corrected chi connectivity index (χ4v) is 3.62. The summed E-state index contributed by atoms with van der Waals surface area (Å²) in [5.74, 6) is 1.37. The number of ketones is 1. The molecule has 3 rings (SSSR count). The molecule has 2 aromatic carbocycles. The molecule has 1 fully saturated rings. The minimum absolute atomic E-state index is 0.00767. The molecule has 29 heavy (non-hydrogen) atoms. The van der Waals surface area contributed by atoms with E-state index >= 15 is 0 Å². The van der Waals surface area contributed by atoms with Gasteiger partial charge in [-0.05, 0) is 60.2 Å². The third-order valence-corrected chi connectivity index (χ3v) is 5.57. The van der Waals surface area contributed by atoms with Crippen molar-refractivity contribution >= 4 is 17.8 Å². The molecule has 0 spiro atoms. The summed E-state index contributed by atoms with van der Waals surface area (Å²) in [5.41, 5.74) is 3.02. The number of carbonyl (C=O) groups excluding carboxylic acids is 2. The Balaban J connectivity index is 1.52. The molecule has 4 heteroatoms. The lowest BCUT2D eigenvalue weighted by Crippen LogP contribution is -2.39. The smallest absolute Gasteiger partial charge is 0.246 e. The van der Waals surface area contributed by atoms with Crippen LogP contribution >= 0.6 is 0 Å². The zero-order chi connectivity index (χ0) is 20.8. The van der Waals surface area contributed by atoms with Crippen molar-refractivity contribution < 1.29 is 14.3 Å². The van der Waals surface area contributed by atoms with Gasteiger partial charge in [0, 0.05) is 30.6 Å². The lowest BCUT2D eigenvalue weighted by atomic mass is 9.89. The number of nitrogens with zero attached hydrogens (tertiary/aromatic N) is 1. The monoisotopic (exact) mass is 391 g/mol. The van der Waals surface area contributed by atoms with Crippen LogP contribution in [0.5, 0.6) is 5.75 Å². The lowest BCUT2D eigenvalue weighted by molar-refractivity contribution is -0.127. The van der Waals surface area contributed by atoms with Gasteiger partial charge in [0.25, 0.3) is 0 Å². The van der Waals surface area contributed by atoms with Gasteiger partial charge in [0.2, 0.25) is 5.91 Å². The summed E-state index contributed by atoms with van der Waals surface area (Å²) >= 11 is 0. The fourth-order valence-electron chi connectivity index (χ4n) is 3.62. The number of hydrogen-bond acceptors (Lipinski definition) is 3. The molecule has 0 bridgehead atoms. The number of carbonyl (C=O) groups is 2. The van der Waals surface area contributed by atoms with Crippen molar-refractivity contribution in [3.05, 3.63) is 71.3 Å². The molecule has 1 aliphatic heterocycles. The number of ether oxygens (including phenoxy) is 1. The third-order valence-electron chi connectivity index (χ3n) is 5.57. The van der Waals surface area contributed by atoms with Crippen LogP contribution in [0.4, 0.5) is 0 Å². The van der Waals surface area contributed by atoms with Crippen LogP contribution in [0.2, 0.25) is 0 Å². The quantitative estimate of drug-likeness (QED) is 0.517. The van der Waals surface area contributed by atoms with Crippen molar-refractivity contribution in [2.24, 2.45) is 5.92 Å². The van der Waals surface area contributed by atoms with Crippen LogP contribution in [0.1, 0.15) is 54.1 Å². The zero-order valence-electron chi connectivity index (χ0n) is 17.4. The molecule has 0 radical (unpaired) electrons. The van der Waals surface area contributed by atoms with Gasteiger partial charge in [0.15, 0.2) is 5.78 Å². The molecule has 0 atom stereocenters. The highest BCUT2D eigenvalue weighted by Crippen LogP contribution is 2.23. The normalized spacial score (nSPS) is 15.1. The largest absolute Gasteiger partial charge is 0.497 e. The van der Waals surface area contributed by atoms with E-state index in [4.69, 9.17) is 4.74 Å². The van der Waals surface area contributed by atoms with Gasteiger partial charge in [-0.3, -0.25) is 9.59 Å². The number of likely N-dealkylation sites (tertiary alicyclic amines) is 1. The summed E-state index contributed by atoms with van der Waals surface area (Å²) < 4.78 is 5.14. The van der Waals surface area contributed by atoms with E-state index in [1.807, 2.05) is 47.4 Å². The molecule has 152 valence electrons. The first-order valence-corrected chi connectivity index (χ1v) is 10.2. The Morgan fingerprint density at radius 2 is 1.62 bits per heavy atom. The second kappa shape index (κ2) is 9.55. The lowest BCUT2D eigenvalue weighted by Gasteiger charge is -2.30. The molecule has 4 nitrogen and oxygen atoms in total. The summed E-state index contributed by atoms with van der Waals surface area (Å²) in [4.78, 5) is 27.0. The van der Waals surface area contributed by atoms with E-state index < -0.39 is 0 Å². The number of piperidine rings is 1. The minimum Gasteiger partial charge on any atom is -0.497 e. The number of amides is 1. The van der Waals surface area contributed by atoms with Gasteiger partial charge in [-0.2, -0.15) is 0 Å². The number of Topliss-reactive ketones (excluding diaryl/α,β-unsaturated/α-hetero) is 1. The van der Waals surface area contributed by atoms with Gasteiger partial charge in [0.05, 0.1) is 7.11 Å². The number of benzene rings is 2. The van der Waals surface area contributed by atoms with Crippen molar-refractivity contribution in [2.45, 2.75) is 32.6 Å². The molecule has 1 heterocycles. The van der Waals surface area contributed by atoms with Crippen molar-refractivity contribution in [2.75, 3.05) is 20.2 Å². The topological polar surface area (TPSA) is 46.6 Å². The molecule has 0 saturated carbocycles. The molecule has 0 aromatic heterocycles. The average Bonchev–Trinajstić information content (AvgIpc) is 2.77. The van der Waals surface area contributed by atoms with E-state index in [1.165, 1.54) is 5.56 Å². The number of hydrogen-bond donors (Lipinski definition) is 0. The van der Waals surface area contributed by atoms with Crippen LogP contribution in [0.3, 0.4) is 0 Å². The van der Waals surface area contributed by atoms with Gasteiger partial charge >= 0.3 is 0 Å².